The first-order valence-corrected chi connectivity index (χ1v) is 11.7. The van der Waals surface area contributed by atoms with Gasteiger partial charge in [-0.15, -0.1) is 0 Å². The predicted octanol–water partition coefficient (Wildman–Crippen LogP) is 1.75. The van der Waals surface area contributed by atoms with E-state index in [-0.39, 0.29) is 6.61 Å². The number of hydrogen-bond acceptors (Lipinski definition) is 10. The number of hydrogen-bond donors (Lipinski definition) is 3. The van der Waals surface area contributed by atoms with E-state index in [9.17, 15) is 24.4 Å². The van der Waals surface area contributed by atoms with Crippen molar-refractivity contribution in [3.05, 3.63) is 78.4 Å². The quantitative estimate of drug-likeness (QED) is 0.222. The summed E-state index contributed by atoms with van der Waals surface area (Å²) in [5.74, 6) is 0. The fourth-order valence-corrected chi connectivity index (χ4v) is 5.11. The summed E-state index contributed by atoms with van der Waals surface area (Å²) in [6, 6.07) is 7.66. The molecule has 182 valence electrons. The fraction of sp³-hybridized carbons (Fsp3) is 0.444. The molecule has 16 heteroatoms. The van der Waals surface area contributed by atoms with Crippen LogP contribution in [0.3, 0.4) is 0 Å². The standard InChI is InChI=1S/C18H19ClN5O9P/c19-11-3-1-10(2-4-11)12-6-8-30-34(29,33-12)31-9-18(22-23-20)15(27)14(26)16(32-18)24-7-5-13(25)21-17(24)28/h1-5,7,12,14-16,26-27H,6,8-9H2,(H,21,25,28)/t12-,14-,15+,16-,18-,34+/m1/s1. The van der Waals surface area contributed by atoms with Crippen molar-refractivity contribution < 1.29 is 33.1 Å². The molecule has 2 aliphatic heterocycles. The molecule has 6 atom stereocenters. The highest BCUT2D eigenvalue weighted by Gasteiger charge is 2.56. The predicted molar refractivity (Wildman–Crippen MR) is 115 cm³/mol. The number of aliphatic hydroxyl groups is 2. The lowest BCUT2D eigenvalue weighted by molar-refractivity contribution is -0.127. The summed E-state index contributed by atoms with van der Waals surface area (Å²) in [5, 5.41) is 25.0. The Morgan fingerprint density at radius 3 is 2.74 bits per heavy atom. The Hall–Kier alpha value is -2.51. The van der Waals surface area contributed by atoms with Gasteiger partial charge in [0.2, 0.25) is 5.72 Å². The van der Waals surface area contributed by atoms with Crippen LogP contribution in [0.5, 0.6) is 0 Å². The van der Waals surface area contributed by atoms with E-state index in [0.29, 0.717) is 17.0 Å². The van der Waals surface area contributed by atoms with E-state index in [1.165, 1.54) is 0 Å². The van der Waals surface area contributed by atoms with Gasteiger partial charge in [0.15, 0.2) is 6.23 Å². The average molecular weight is 516 g/mol. The van der Waals surface area contributed by atoms with E-state index in [1.54, 1.807) is 24.3 Å². The van der Waals surface area contributed by atoms with Crippen LogP contribution in [0.25, 0.3) is 10.4 Å². The van der Waals surface area contributed by atoms with Gasteiger partial charge in [0, 0.05) is 28.6 Å². The molecule has 2 aromatic rings. The van der Waals surface area contributed by atoms with Crippen molar-refractivity contribution in [2.24, 2.45) is 5.11 Å². The van der Waals surface area contributed by atoms with Gasteiger partial charge in [-0.2, -0.15) is 0 Å². The molecule has 4 rings (SSSR count). The highest BCUT2D eigenvalue weighted by Crippen LogP contribution is 2.58. The van der Waals surface area contributed by atoms with Gasteiger partial charge in [-0.25, -0.2) is 9.36 Å². The Morgan fingerprint density at radius 1 is 1.32 bits per heavy atom. The number of phosphoric acid groups is 1. The second kappa shape index (κ2) is 9.62. The first kappa shape index (κ1) is 24.6. The van der Waals surface area contributed by atoms with Gasteiger partial charge in [0.1, 0.15) is 12.2 Å². The highest BCUT2D eigenvalue weighted by atomic mass is 35.5. The molecular weight excluding hydrogens is 497 g/mol. The molecule has 2 fully saturated rings. The van der Waals surface area contributed by atoms with Crippen LogP contribution in [0.15, 0.2) is 51.2 Å². The molecule has 0 aliphatic carbocycles. The number of azide groups is 1. The summed E-state index contributed by atoms with van der Waals surface area (Å²) >= 11 is 5.89. The largest absolute Gasteiger partial charge is 0.475 e. The van der Waals surface area contributed by atoms with Crippen molar-refractivity contribution in [1.82, 2.24) is 9.55 Å². The maximum absolute atomic E-state index is 13.1. The van der Waals surface area contributed by atoms with Crippen LogP contribution in [0.4, 0.5) is 0 Å². The van der Waals surface area contributed by atoms with E-state index >= 15 is 0 Å². The van der Waals surface area contributed by atoms with E-state index in [1.807, 2.05) is 4.98 Å². The number of halogens is 1. The molecular formula is C18H19ClN5O9P. The number of aliphatic hydroxyl groups excluding tert-OH is 2. The third kappa shape index (κ3) is 4.82. The minimum absolute atomic E-state index is 0.0144. The summed E-state index contributed by atoms with van der Waals surface area (Å²) in [7, 11) is -4.22. The number of ether oxygens (including phenoxy) is 1. The number of benzene rings is 1. The second-order valence-corrected chi connectivity index (χ2v) is 9.54. The number of phosphoric ester groups is 1. The number of rotatable bonds is 6. The number of aromatic nitrogens is 2. The van der Waals surface area contributed by atoms with Crippen molar-refractivity contribution >= 4 is 19.4 Å². The lowest BCUT2D eigenvalue weighted by Gasteiger charge is -2.32. The zero-order chi connectivity index (χ0) is 24.5. The van der Waals surface area contributed by atoms with E-state index in [4.69, 9.17) is 35.4 Å². The molecule has 0 bridgehead atoms. The third-order valence-electron chi connectivity index (χ3n) is 5.30. The normalized spacial score (nSPS) is 33.4. The molecule has 14 nitrogen and oxygen atoms in total. The molecule has 1 aromatic heterocycles. The van der Waals surface area contributed by atoms with Crippen molar-refractivity contribution in [3.63, 3.8) is 0 Å². The molecule has 0 amide bonds. The van der Waals surface area contributed by atoms with E-state index in [0.717, 1.165) is 16.8 Å². The number of nitrogens with zero attached hydrogens (tertiary/aromatic N) is 4. The molecule has 2 saturated heterocycles. The third-order valence-corrected chi connectivity index (χ3v) is 7.01. The van der Waals surface area contributed by atoms with Gasteiger partial charge >= 0.3 is 13.5 Å². The van der Waals surface area contributed by atoms with Gasteiger partial charge in [-0.1, -0.05) is 28.8 Å². The summed E-state index contributed by atoms with van der Waals surface area (Å²) in [6.45, 7) is -0.838. The zero-order valence-electron chi connectivity index (χ0n) is 17.3. The van der Waals surface area contributed by atoms with Gasteiger partial charge in [0.25, 0.3) is 5.56 Å². The number of nitrogens with one attached hydrogen (secondary N) is 1. The molecule has 3 heterocycles. The molecule has 1 aromatic carbocycles. The highest BCUT2D eigenvalue weighted by molar-refractivity contribution is 7.48. The molecule has 34 heavy (non-hydrogen) atoms. The molecule has 0 radical (unpaired) electrons. The molecule has 2 aliphatic rings. The van der Waals surface area contributed by atoms with Gasteiger partial charge in [-0.05, 0) is 23.2 Å². The Morgan fingerprint density at radius 2 is 2.06 bits per heavy atom. The minimum Gasteiger partial charge on any atom is -0.387 e. The number of H-pyrrole nitrogens is 1. The van der Waals surface area contributed by atoms with E-state index in [2.05, 4.69) is 10.0 Å². The first-order chi connectivity index (χ1) is 16.2. The summed E-state index contributed by atoms with van der Waals surface area (Å²) in [6.07, 6.45) is -4.51. The van der Waals surface area contributed by atoms with Crippen LogP contribution < -0.4 is 11.2 Å². The van der Waals surface area contributed by atoms with Crippen molar-refractivity contribution in [1.29, 1.82) is 0 Å². The van der Waals surface area contributed by atoms with Gasteiger partial charge < -0.3 is 14.9 Å². The SMILES string of the molecule is [N-]=[N+]=N[C@]1(CO[P@]2(=O)OCC[C@H](c3ccc(Cl)cc3)O2)O[C@@H](n2ccc(=O)[nH]c2=O)[C@H](O)[C@@H]1O. The molecule has 3 N–H and O–H groups in total. The maximum Gasteiger partial charge on any atom is 0.475 e. The van der Waals surface area contributed by atoms with Crippen molar-refractivity contribution in [2.45, 2.75) is 36.7 Å². The van der Waals surface area contributed by atoms with Gasteiger partial charge in [-0.3, -0.25) is 27.9 Å². The Balaban J connectivity index is 1.55. The minimum atomic E-state index is -4.22. The van der Waals surface area contributed by atoms with Crippen LogP contribution in [0, 0.1) is 0 Å². The lowest BCUT2D eigenvalue weighted by Crippen LogP contribution is -2.45. The van der Waals surface area contributed by atoms with Crippen LogP contribution in [0.1, 0.15) is 24.3 Å². The Bertz CT molecular complexity index is 1260. The number of aromatic amines is 1. The van der Waals surface area contributed by atoms with Crippen LogP contribution in [-0.2, 0) is 22.9 Å². The molecule has 0 spiro atoms. The van der Waals surface area contributed by atoms with Crippen LogP contribution >= 0.6 is 19.4 Å². The Kier molecular flexibility index (Phi) is 6.97. The smallest absolute Gasteiger partial charge is 0.387 e. The van der Waals surface area contributed by atoms with Gasteiger partial charge in [0.05, 0.1) is 19.3 Å². The molecule has 0 unspecified atom stereocenters. The lowest BCUT2D eigenvalue weighted by atomic mass is 10.1. The maximum atomic E-state index is 13.1. The van der Waals surface area contributed by atoms with E-state index < -0.39 is 55.9 Å². The van der Waals surface area contributed by atoms with Crippen molar-refractivity contribution in [3.8, 4) is 0 Å². The van der Waals surface area contributed by atoms with Crippen LogP contribution in [0.2, 0.25) is 5.02 Å². The van der Waals surface area contributed by atoms with Crippen LogP contribution in [-0.4, -0.2) is 50.9 Å². The summed E-state index contributed by atoms with van der Waals surface area (Å²) in [4.78, 5) is 28.0. The Labute approximate surface area is 195 Å². The second-order valence-electron chi connectivity index (χ2n) is 7.48. The summed E-state index contributed by atoms with van der Waals surface area (Å²) < 4.78 is 35.4. The molecule has 0 saturated carbocycles. The topological polar surface area (TPSA) is 198 Å². The summed E-state index contributed by atoms with van der Waals surface area (Å²) in [5.41, 5.74) is 5.76. The monoisotopic (exact) mass is 515 g/mol. The fourth-order valence-electron chi connectivity index (χ4n) is 3.58. The van der Waals surface area contributed by atoms with Crippen molar-refractivity contribution in [2.75, 3.05) is 13.2 Å². The zero-order valence-corrected chi connectivity index (χ0v) is 18.9. The average Bonchev–Trinajstić information content (AvgIpc) is 3.04. The first-order valence-electron chi connectivity index (χ1n) is 9.91.